The van der Waals surface area contributed by atoms with Crippen molar-refractivity contribution in [1.29, 1.82) is 0 Å². The monoisotopic (exact) mass is 363 g/mol. The fraction of sp³-hybridized carbons (Fsp3) is 0.316. The molecule has 1 amide bonds. The topological polar surface area (TPSA) is 97.6 Å². The minimum absolute atomic E-state index is 0.153. The maximum atomic E-state index is 13.0. The van der Waals surface area contributed by atoms with E-state index in [1.165, 1.54) is 22.1 Å². The summed E-state index contributed by atoms with van der Waals surface area (Å²) >= 11 is 0. The van der Waals surface area contributed by atoms with Gasteiger partial charge in [0.05, 0.1) is 0 Å². The van der Waals surface area contributed by atoms with E-state index in [0.29, 0.717) is 6.54 Å². The van der Waals surface area contributed by atoms with Crippen LogP contribution in [0.3, 0.4) is 0 Å². The molecule has 0 aliphatic carbocycles. The van der Waals surface area contributed by atoms with Crippen molar-refractivity contribution in [3.63, 3.8) is 0 Å². The van der Waals surface area contributed by atoms with Gasteiger partial charge < -0.3 is 10.6 Å². The Kier molecular flexibility index (Phi) is 4.88. The number of nitrogens with zero attached hydrogens (tertiary/aromatic N) is 5. The van der Waals surface area contributed by atoms with Crippen molar-refractivity contribution in [2.24, 2.45) is 0 Å². The molecule has 0 radical (unpaired) electrons. The lowest BCUT2D eigenvalue weighted by Crippen LogP contribution is -2.34. The zero-order valence-electron chi connectivity index (χ0n) is 15.1. The van der Waals surface area contributed by atoms with Crippen LogP contribution in [0.4, 0.5) is 0 Å². The molecule has 1 aliphatic heterocycles. The molecule has 1 atom stereocenters. The van der Waals surface area contributed by atoms with Gasteiger partial charge in [0.25, 0.3) is 0 Å². The third-order valence-corrected chi connectivity index (χ3v) is 4.90. The molecule has 4 rings (SSSR count). The van der Waals surface area contributed by atoms with Gasteiger partial charge in [-0.2, -0.15) is 0 Å². The second kappa shape index (κ2) is 7.63. The Bertz CT molecular complexity index is 925. The normalized spacial score (nSPS) is 14.4. The van der Waals surface area contributed by atoms with Crippen LogP contribution in [0.2, 0.25) is 0 Å². The average molecular weight is 363 g/mol. The summed E-state index contributed by atoms with van der Waals surface area (Å²) in [6, 6.07) is 8.89. The van der Waals surface area contributed by atoms with Gasteiger partial charge >= 0.3 is 0 Å². The number of hydrogen-bond acceptors (Lipinski definition) is 6. The highest BCUT2D eigenvalue weighted by Gasteiger charge is 2.24. The third kappa shape index (κ3) is 3.56. The van der Waals surface area contributed by atoms with Crippen molar-refractivity contribution in [1.82, 2.24) is 35.8 Å². The van der Waals surface area contributed by atoms with Crippen LogP contribution in [0.1, 0.15) is 34.0 Å². The van der Waals surface area contributed by atoms with E-state index in [1.54, 1.807) is 0 Å². The molecule has 1 aliphatic rings. The lowest BCUT2D eigenvalue weighted by Gasteiger charge is -2.22. The Labute approximate surface area is 157 Å². The molecule has 1 aromatic carbocycles. The smallest absolute Gasteiger partial charge is 0.249 e. The van der Waals surface area contributed by atoms with Crippen molar-refractivity contribution in [3.05, 3.63) is 70.8 Å². The number of fused-ring (bicyclic) bond motifs is 1. The number of tetrazole rings is 1. The molecule has 27 heavy (non-hydrogen) atoms. The maximum Gasteiger partial charge on any atom is 0.249 e. The van der Waals surface area contributed by atoms with E-state index in [1.807, 2.05) is 43.5 Å². The molecule has 8 nitrogen and oxygen atoms in total. The summed E-state index contributed by atoms with van der Waals surface area (Å²) in [6.45, 7) is 4.18. The highest BCUT2D eigenvalue weighted by molar-refractivity contribution is 5.83. The van der Waals surface area contributed by atoms with Crippen LogP contribution in [0, 0.1) is 6.92 Å². The highest BCUT2D eigenvalue weighted by Crippen LogP contribution is 2.21. The van der Waals surface area contributed by atoms with Gasteiger partial charge in [-0.15, -0.1) is 5.10 Å². The number of aromatic nitrogens is 5. The summed E-state index contributed by atoms with van der Waals surface area (Å²) in [5, 5.41) is 17.7. The van der Waals surface area contributed by atoms with Crippen LogP contribution in [-0.2, 0) is 24.3 Å². The van der Waals surface area contributed by atoms with Crippen molar-refractivity contribution >= 4 is 5.91 Å². The van der Waals surface area contributed by atoms with Crippen molar-refractivity contribution < 1.29 is 4.79 Å². The van der Waals surface area contributed by atoms with E-state index in [-0.39, 0.29) is 5.91 Å². The lowest BCUT2D eigenvalue weighted by molar-refractivity contribution is -0.123. The molecule has 0 unspecified atom stereocenters. The summed E-state index contributed by atoms with van der Waals surface area (Å²) < 4.78 is 1.47. The molecule has 3 aromatic rings. The lowest BCUT2D eigenvalue weighted by atomic mass is 9.96. The van der Waals surface area contributed by atoms with Crippen LogP contribution in [-0.4, -0.2) is 37.6 Å². The molecule has 138 valence electrons. The SMILES string of the molecule is Cc1ncc2c(c1CNC(=O)[C@H](c1ccccc1)n1cnnn1)CCNC2. The zero-order valence-corrected chi connectivity index (χ0v) is 15.1. The Morgan fingerprint density at radius 1 is 1.33 bits per heavy atom. The quantitative estimate of drug-likeness (QED) is 0.700. The zero-order chi connectivity index (χ0) is 18.6. The number of nitrogens with one attached hydrogen (secondary N) is 2. The van der Waals surface area contributed by atoms with E-state index < -0.39 is 6.04 Å². The molecule has 0 fully saturated rings. The molecular weight excluding hydrogens is 342 g/mol. The number of rotatable bonds is 5. The predicted octanol–water partition coefficient (Wildman–Crippen LogP) is 0.928. The Morgan fingerprint density at radius 3 is 2.96 bits per heavy atom. The predicted molar refractivity (Wildman–Crippen MR) is 98.6 cm³/mol. The Hall–Kier alpha value is -3.13. The van der Waals surface area contributed by atoms with Gasteiger partial charge in [-0.1, -0.05) is 30.3 Å². The highest BCUT2D eigenvalue weighted by atomic mass is 16.2. The van der Waals surface area contributed by atoms with Gasteiger partial charge in [-0.05, 0) is 52.6 Å². The Morgan fingerprint density at radius 2 is 2.19 bits per heavy atom. The van der Waals surface area contributed by atoms with Crippen LogP contribution in [0.15, 0.2) is 42.9 Å². The first-order valence-electron chi connectivity index (χ1n) is 8.96. The molecule has 0 saturated heterocycles. The van der Waals surface area contributed by atoms with Gasteiger partial charge in [-0.25, -0.2) is 4.68 Å². The van der Waals surface area contributed by atoms with E-state index in [0.717, 1.165) is 36.3 Å². The standard InChI is InChI=1S/C19H21N7O/c1-13-17(16-7-8-20-9-15(16)10-21-13)11-22-19(27)18(26-12-23-24-25-26)14-5-3-2-4-6-14/h2-6,10,12,18,20H,7-9,11H2,1H3,(H,22,27)/t18-/m0/s1. The molecule has 2 N–H and O–H groups in total. The largest absolute Gasteiger partial charge is 0.350 e. The van der Waals surface area contributed by atoms with Crippen LogP contribution in [0.25, 0.3) is 0 Å². The number of carbonyl (C=O) groups is 1. The summed E-state index contributed by atoms with van der Waals surface area (Å²) in [4.78, 5) is 17.5. The van der Waals surface area contributed by atoms with Gasteiger partial charge in [-0.3, -0.25) is 9.78 Å². The van der Waals surface area contributed by atoms with Gasteiger partial charge in [0.1, 0.15) is 6.33 Å². The van der Waals surface area contributed by atoms with Crippen LogP contribution < -0.4 is 10.6 Å². The summed E-state index contributed by atoms with van der Waals surface area (Å²) in [5.74, 6) is -0.153. The number of hydrogen-bond donors (Lipinski definition) is 2. The van der Waals surface area contributed by atoms with Gasteiger partial charge in [0, 0.05) is 25.0 Å². The molecular formula is C19H21N7O. The second-order valence-corrected chi connectivity index (χ2v) is 6.57. The first-order chi connectivity index (χ1) is 13.2. The number of carbonyl (C=O) groups excluding carboxylic acids is 1. The Balaban J connectivity index is 1.58. The third-order valence-electron chi connectivity index (χ3n) is 4.90. The summed E-state index contributed by atoms with van der Waals surface area (Å²) in [6.07, 6.45) is 4.33. The number of amides is 1. The number of benzene rings is 1. The van der Waals surface area contributed by atoms with E-state index >= 15 is 0 Å². The summed E-state index contributed by atoms with van der Waals surface area (Å²) in [7, 11) is 0. The van der Waals surface area contributed by atoms with E-state index in [9.17, 15) is 4.79 Å². The fourth-order valence-electron chi connectivity index (χ4n) is 3.50. The first-order valence-corrected chi connectivity index (χ1v) is 8.96. The molecule has 2 aromatic heterocycles. The first kappa shape index (κ1) is 17.3. The molecule has 0 bridgehead atoms. The van der Waals surface area contributed by atoms with Crippen LogP contribution >= 0.6 is 0 Å². The second-order valence-electron chi connectivity index (χ2n) is 6.57. The molecule has 0 spiro atoms. The number of pyridine rings is 1. The van der Waals surface area contributed by atoms with E-state index in [2.05, 4.69) is 31.1 Å². The molecule has 0 saturated carbocycles. The van der Waals surface area contributed by atoms with Gasteiger partial charge in [0.15, 0.2) is 6.04 Å². The molecule has 8 heteroatoms. The fourth-order valence-corrected chi connectivity index (χ4v) is 3.50. The van der Waals surface area contributed by atoms with Crippen molar-refractivity contribution in [2.75, 3.05) is 6.54 Å². The minimum Gasteiger partial charge on any atom is -0.350 e. The summed E-state index contributed by atoms with van der Waals surface area (Å²) in [5.41, 5.74) is 5.38. The minimum atomic E-state index is -0.615. The number of aryl methyl sites for hydroxylation is 1. The van der Waals surface area contributed by atoms with E-state index in [4.69, 9.17) is 0 Å². The molecule has 3 heterocycles. The van der Waals surface area contributed by atoms with Crippen LogP contribution in [0.5, 0.6) is 0 Å². The van der Waals surface area contributed by atoms with Crippen molar-refractivity contribution in [2.45, 2.75) is 32.5 Å². The maximum absolute atomic E-state index is 13.0. The average Bonchev–Trinajstić information content (AvgIpc) is 3.22. The van der Waals surface area contributed by atoms with Crippen molar-refractivity contribution in [3.8, 4) is 0 Å². The van der Waals surface area contributed by atoms with Gasteiger partial charge in [0.2, 0.25) is 5.91 Å².